The number of primary amides is 2. The van der Waals surface area contributed by atoms with Gasteiger partial charge in [-0.25, -0.2) is 9.59 Å². The van der Waals surface area contributed by atoms with Gasteiger partial charge in [-0.05, 0) is 18.3 Å². The molecule has 0 unspecified atom stereocenters. The second-order valence-corrected chi connectivity index (χ2v) is 4.30. The normalized spacial score (nSPS) is 15.2. The number of aliphatic carboxylic acids is 2. The van der Waals surface area contributed by atoms with Gasteiger partial charge in [0.25, 0.3) is 0 Å². The maximum absolute atomic E-state index is 10.5. The van der Waals surface area contributed by atoms with Crippen molar-refractivity contribution in [3.8, 4) is 0 Å². The Kier molecular flexibility index (Phi) is 6.25. The van der Waals surface area contributed by atoms with E-state index in [0.29, 0.717) is 25.0 Å². The Balaban J connectivity index is 0.000000362. The van der Waals surface area contributed by atoms with E-state index in [4.69, 9.17) is 21.7 Å². The molecule has 19 heavy (non-hydrogen) atoms. The van der Waals surface area contributed by atoms with Crippen LogP contribution in [0.25, 0.3) is 0 Å². The first-order chi connectivity index (χ1) is 8.67. The van der Waals surface area contributed by atoms with Gasteiger partial charge in [0.05, 0.1) is 0 Å². The Hall–Kier alpha value is -2.38. The summed E-state index contributed by atoms with van der Waals surface area (Å²) < 4.78 is 0. The van der Waals surface area contributed by atoms with Crippen LogP contribution in [0.15, 0.2) is 12.2 Å². The van der Waals surface area contributed by atoms with E-state index in [9.17, 15) is 19.2 Å². The summed E-state index contributed by atoms with van der Waals surface area (Å²) in [6, 6.07) is 0. The summed E-state index contributed by atoms with van der Waals surface area (Å²) in [7, 11) is 0. The summed E-state index contributed by atoms with van der Waals surface area (Å²) in [6.45, 7) is 0. The summed E-state index contributed by atoms with van der Waals surface area (Å²) in [5.74, 6) is -3.20. The number of hydrogen-bond donors (Lipinski definition) is 4. The molecular weight excluding hydrogens is 256 g/mol. The van der Waals surface area contributed by atoms with E-state index < -0.39 is 11.9 Å². The molecule has 1 aliphatic rings. The van der Waals surface area contributed by atoms with E-state index in [0.717, 1.165) is 12.8 Å². The highest BCUT2D eigenvalue weighted by atomic mass is 16.4. The number of hydrogen-bond acceptors (Lipinski definition) is 4. The zero-order valence-electron chi connectivity index (χ0n) is 10.2. The summed E-state index contributed by atoms with van der Waals surface area (Å²) in [5.41, 5.74) is 9.85. The van der Waals surface area contributed by atoms with Gasteiger partial charge in [0.15, 0.2) is 0 Å². The molecule has 0 aliphatic heterocycles. The topological polar surface area (TPSA) is 161 Å². The van der Waals surface area contributed by atoms with Crippen molar-refractivity contribution >= 4 is 23.8 Å². The fourth-order valence-electron chi connectivity index (χ4n) is 1.47. The summed E-state index contributed by atoms with van der Waals surface area (Å²) in [6.07, 6.45) is 3.52. The van der Waals surface area contributed by atoms with Crippen molar-refractivity contribution in [3.63, 3.8) is 0 Å². The predicted molar refractivity (Wildman–Crippen MR) is 63.7 cm³/mol. The van der Waals surface area contributed by atoms with Crippen LogP contribution in [0.3, 0.4) is 0 Å². The minimum atomic E-state index is -1.26. The summed E-state index contributed by atoms with van der Waals surface area (Å²) >= 11 is 0. The molecule has 0 bridgehead atoms. The Morgan fingerprint density at radius 3 is 1.37 bits per heavy atom. The van der Waals surface area contributed by atoms with Crippen LogP contribution >= 0.6 is 0 Å². The first kappa shape index (κ1) is 16.6. The quantitative estimate of drug-likeness (QED) is 0.464. The van der Waals surface area contributed by atoms with E-state index in [1.54, 1.807) is 0 Å². The zero-order chi connectivity index (χ0) is 15.1. The second-order valence-electron chi connectivity index (χ2n) is 4.30. The lowest BCUT2D eigenvalue weighted by atomic mass is 9.98. The number of carbonyl (C=O) groups excluding carboxylic acids is 2. The molecule has 0 radical (unpaired) electrons. The van der Waals surface area contributed by atoms with E-state index in [1.807, 2.05) is 0 Å². The van der Waals surface area contributed by atoms with Gasteiger partial charge in [0, 0.05) is 25.0 Å². The third kappa shape index (κ3) is 9.33. The van der Waals surface area contributed by atoms with Crippen LogP contribution in [-0.2, 0) is 19.2 Å². The summed E-state index contributed by atoms with van der Waals surface area (Å²) in [4.78, 5) is 40.1. The van der Waals surface area contributed by atoms with Crippen LogP contribution in [0.2, 0.25) is 0 Å². The van der Waals surface area contributed by atoms with Gasteiger partial charge < -0.3 is 21.7 Å². The molecule has 8 nitrogen and oxygen atoms in total. The third-order valence-corrected chi connectivity index (χ3v) is 2.42. The highest BCUT2D eigenvalue weighted by molar-refractivity contribution is 5.89. The third-order valence-electron chi connectivity index (χ3n) is 2.42. The molecule has 0 aromatic rings. The molecule has 0 aromatic carbocycles. The first-order valence-corrected chi connectivity index (χ1v) is 5.37. The number of carboxylic acids is 2. The number of carboxylic acid groups (broad SMARTS) is 2. The highest BCUT2D eigenvalue weighted by Crippen LogP contribution is 2.51. The molecule has 8 heteroatoms. The second kappa shape index (κ2) is 7.14. The molecule has 6 N–H and O–H groups in total. The van der Waals surface area contributed by atoms with Gasteiger partial charge >= 0.3 is 11.9 Å². The van der Waals surface area contributed by atoms with Crippen LogP contribution in [0, 0.1) is 5.41 Å². The standard InChI is InChI=1S/C7H12N2O2.C4H4O4/c8-5(10)3-7(1-2-7)4-6(9)11;5-3(6)1-2-4(7)8/h1-4H2,(H2,8,10)(H2,9,11);1-2H,(H,5,6)(H,7,8)/b;2-1-. The lowest BCUT2D eigenvalue weighted by molar-refractivity contribution is -0.134. The van der Waals surface area contributed by atoms with Gasteiger partial charge in [-0.15, -0.1) is 0 Å². The molecule has 106 valence electrons. The van der Waals surface area contributed by atoms with Crippen molar-refractivity contribution in [3.05, 3.63) is 12.2 Å². The van der Waals surface area contributed by atoms with E-state index in [-0.39, 0.29) is 17.2 Å². The molecule has 1 aliphatic carbocycles. The Morgan fingerprint density at radius 2 is 1.21 bits per heavy atom. The highest BCUT2D eigenvalue weighted by Gasteiger charge is 2.44. The van der Waals surface area contributed by atoms with E-state index in [1.165, 1.54) is 0 Å². The molecule has 1 fully saturated rings. The Morgan fingerprint density at radius 1 is 0.895 bits per heavy atom. The SMILES string of the molecule is NC(=O)CC1(CC(N)=O)CC1.O=C(O)/C=C\C(=O)O. The lowest BCUT2D eigenvalue weighted by Crippen LogP contribution is -2.22. The van der Waals surface area contributed by atoms with Crippen LogP contribution in [-0.4, -0.2) is 34.0 Å². The molecule has 0 saturated heterocycles. The molecule has 1 saturated carbocycles. The minimum absolute atomic E-state index is 0.155. The van der Waals surface area contributed by atoms with Crippen molar-refractivity contribution < 1.29 is 29.4 Å². The van der Waals surface area contributed by atoms with Gasteiger partial charge in [-0.1, -0.05) is 0 Å². The minimum Gasteiger partial charge on any atom is -0.478 e. The monoisotopic (exact) mass is 272 g/mol. The lowest BCUT2D eigenvalue weighted by Gasteiger charge is -2.08. The van der Waals surface area contributed by atoms with Crippen LogP contribution in [0.5, 0.6) is 0 Å². The Bertz CT molecular complexity index is 377. The number of carbonyl (C=O) groups is 4. The summed E-state index contributed by atoms with van der Waals surface area (Å²) in [5, 5.41) is 15.6. The van der Waals surface area contributed by atoms with Gasteiger partial charge in [-0.2, -0.15) is 0 Å². The van der Waals surface area contributed by atoms with Crippen molar-refractivity contribution in [1.29, 1.82) is 0 Å². The molecule has 0 spiro atoms. The molecule has 2 amide bonds. The van der Waals surface area contributed by atoms with Gasteiger partial charge in [0.2, 0.25) is 11.8 Å². The molecule has 0 atom stereocenters. The maximum atomic E-state index is 10.5. The number of nitrogens with two attached hydrogens (primary N) is 2. The molecule has 1 rings (SSSR count). The van der Waals surface area contributed by atoms with E-state index >= 15 is 0 Å². The van der Waals surface area contributed by atoms with Crippen LogP contribution < -0.4 is 11.5 Å². The van der Waals surface area contributed by atoms with Gasteiger partial charge in [-0.3, -0.25) is 9.59 Å². The molecular formula is C11H16N2O6. The fraction of sp³-hybridized carbons (Fsp3) is 0.455. The zero-order valence-corrected chi connectivity index (χ0v) is 10.2. The smallest absolute Gasteiger partial charge is 0.328 e. The van der Waals surface area contributed by atoms with Crippen molar-refractivity contribution in [2.24, 2.45) is 16.9 Å². The Labute approximate surface area is 109 Å². The van der Waals surface area contributed by atoms with Crippen molar-refractivity contribution in [2.75, 3.05) is 0 Å². The van der Waals surface area contributed by atoms with Crippen LogP contribution in [0.1, 0.15) is 25.7 Å². The largest absolute Gasteiger partial charge is 0.478 e. The first-order valence-electron chi connectivity index (χ1n) is 5.37. The fourth-order valence-corrected chi connectivity index (χ4v) is 1.47. The van der Waals surface area contributed by atoms with Crippen LogP contribution in [0.4, 0.5) is 0 Å². The van der Waals surface area contributed by atoms with Crippen molar-refractivity contribution in [2.45, 2.75) is 25.7 Å². The average Bonchev–Trinajstić information content (AvgIpc) is 2.93. The number of amides is 2. The maximum Gasteiger partial charge on any atom is 0.328 e. The predicted octanol–water partition coefficient (Wildman–Crippen LogP) is -0.771. The van der Waals surface area contributed by atoms with Crippen molar-refractivity contribution in [1.82, 2.24) is 0 Å². The number of rotatable bonds is 6. The van der Waals surface area contributed by atoms with E-state index in [2.05, 4.69) is 0 Å². The average molecular weight is 272 g/mol. The molecule has 0 heterocycles. The molecule has 0 aromatic heterocycles. The van der Waals surface area contributed by atoms with Gasteiger partial charge in [0.1, 0.15) is 0 Å².